The second kappa shape index (κ2) is 6.68. The van der Waals surface area contributed by atoms with Gasteiger partial charge in [0.1, 0.15) is 0 Å². The number of halogens is 2. The maximum atomic E-state index is 5.81. The van der Waals surface area contributed by atoms with E-state index in [0.717, 1.165) is 5.57 Å². The third kappa shape index (κ3) is 4.79. The van der Waals surface area contributed by atoms with Crippen LogP contribution in [-0.2, 0) is 4.74 Å². The zero-order valence-electron chi connectivity index (χ0n) is 8.96. The molecule has 1 aromatic heterocycles. The van der Waals surface area contributed by atoms with Crippen molar-refractivity contribution in [3.8, 4) is 0 Å². The summed E-state index contributed by atoms with van der Waals surface area (Å²) in [4.78, 5) is 0. The summed E-state index contributed by atoms with van der Waals surface area (Å²) in [5.74, 6) is 0. The van der Waals surface area contributed by atoms with Gasteiger partial charge >= 0.3 is 0 Å². The fourth-order valence-corrected chi connectivity index (χ4v) is 1.29. The second-order valence-corrected chi connectivity index (χ2v) is 4.05. The summed E-state index contributed by atoms with van der Waals surface area (Å²) in [6, 6.07) is 1.62. The molecule has 16 heavy (non-hydrogen) atoms. The van der Waals surface area contributed by atoms with Crippen LogP contribution >= 0.6 is 23.2 Å². The van der Waals surface area contributed by atoms with E-state index in [9.17, 15) is 0 Å². The van der Waals surface area contributed by atoms with E-state index in [2.05, 4.69) is 22.1 Å². The highest BCUT2D eigenvalue weighted by atomic mass is 35.5. The van der Waals surface area contributed by atoms with Crippen LogP contribution in [0.1, 0.15) is 6.92 Å². The van der Waals surface area contributed by atoms with Gasteiger partial charge in [-0.25, -0.2) is 0 Å². The molecule has 1 heterocycles. The molecule has 0 unspecified atom stereocenters. The average molecular weight is 262 g/mol. The molecule has 1 aromatic rings. The second-order valence-electron chi connectivity index (χ2n) is 3.31. The molecule has 0 aliphatic carbocycles. The summed E-state index contributed by atoms with van der Waals surface area (Å²) in [5, 5.41) is 10.9. The van der Waals surface area contributed by atoms with E-state index < -0.39 is 0 Å². The Labute approximate surface area is 105 Å². The normalized spacial score (nSPS) is 10.2. The van der Waals surface area contributed by atoms with Gasteiger partial charge in [-0.1, -0.05) is 35.4 Å². The predicted octanol–water partition coefficient (Wildman–Crippen LogP) is 2.79. The van der Waals surface area contributed by atoms with Gasteiger partial charge < -0.3 is 10.1 Å². The molecule has 0 spiro atoms. The minimum absolute atomic E-state index is 0.296. The number of rotatable bonds is 6. The Kier molecular flexibility index (Phi) is 5.52. The van der Waals surface area contributed by atoms with Crippen molar-refractivity contribution in [3.05, 3.63) is 28.5 Å². The maximum Gasteiger partial charge on any atom is 0.174 e. The van der Waals surface area contributed by atoms with E-state index in [4.69, 9.17) is 27.9 Å². The maximum absolute atomic E-state index is 5.81. The molecule has 0 amide bonds. The highest BCUT2D eigenvalue weighted by Gasteiger charge is 2.02. The molecule has 1 rings (SSSR count). The van der Waals surface area contributed by atoms with Gasteiger partial charge in [0.2, 0.25) is 0 Å². The quantitative estimate of drug-likeness (QED) is 0.632. The molecule has 1 N–H and O–H groups in total. The predicted molar refractivity (Wildman–Crippen MR) is 66.2 cm³/mol. The first-order chi connectivity index (χ1) is 7.59. The Morgan fingerprint density at radius 1 is 1.50 bits per heavy atom. The lowest BCUT2D eigenvalue weighted by atomic mass is 10.4. The van der Waals surface area contributed by atoms with Crippen LogP contribution in [0.3, 0.4) is 0 Å². The van der Waals surface area contributed by atoms with Crippen molar-refractivity contribution < 1.29 is 4.74 Å². The monoisotopic (exact) mass is 261 g/mol. The Hall–Kier alpha value is -0.840. The minimum Gasteiger partial charge on any atom is -0.380 e. The Bertz CT molecular complexity index is 371. The summed E-state index contributed by atoms with van der Waals surface area (Å²) in [7, 11) is 0. The molecule has 0 fully saturated rings. The van der Waals surface area contributed by atoms with Gasteiger partial charge in [-0.05, 0) is 6.92 Å². The van der Waals surface area contributed by atoms with E-state index in [1.807, 2.05) is 6.92 Å². The Morgan fingerprint density at radius 3 is 2.94 bits per heavy atom. The molecule has 0 atom stereocenters. The van der Waals surface area contributed by atoms with Gasteiger partial charge in [-0.2, -0.15) is 0 Å². The first-order valence-corrected chi connectivity index (χ1v) is 5.50. The highest BCUT2D eigenvalue weighted by molar-refractivity contribution is 6.33. The van der Waals surface area contributed by atoms with Gasteiger partial charge in [0.25, 0.3) is 0 Å². The van der Waals surface area contributed by atoms with Crippen LogP contribution in [0.4, 0.5) is 5.69 Å². The summed E-state index contributed by atoms with van der Waals surface area (Å²) in [6.45, 7) is 7.39. The third-order valence-electron chi connectivity index (χ3n) is 1.63. The smallest absolute Gasteiger partial charge is 0.174 e. The van der Waals surface area contributed by atoms with E-state index in [1.54, 1.807) is 6.07 Å². The lowest BCUT2D eigenvalue weighted by Gasteiger charge is -2.08. The van der Waals surface area contributed by atoms with Crippen LogP contribution in [0.5, 0.6) is 0 Å². The van der Waals surface area contributed by atoms with Crippen molar-refractivity contribution in [2.75, 3.05) is 25.1 Å². The fraction of sp³-hybridized carbons (Fsp3) is 0.400. The zero-order chi connectivity index (χ0) is 12.0. The minimum atomic E-state index is 0.296. The van der Waals surface area contributed by atoms with Crippen LogP contribution in [0.2, 0.25) is 10.3 Å². The molecule has 88 valence electrons. The van der Waals surface area contributed by atoms with E-state index in [1.165, 1.54) is 0 Å². The molecule has 0 aliphatic heterocycles. The van der Waals surface area contributed by atoms with Gasteiger partial charge in [0.05, 0.1) is 18.9 Å². The SMILES string of the molecule is C=C(C)COCCNc1cc(Cl)nnc1Cl. The van der Waals surface area contributed by atoms with Crippen LogP contribution in [-0.4, -0.2) is 30.0 Å². The highest BCUT2D eigenvalue weighted by Crippen LogP contribution is 2.20. The number of nitrogens with one attached hydrogen (secondary N) is 1. The molecule has 0 saturated heterocycles. The molecule has 0 bridgehead atoms. The van der Waals surface area contributed by atoms with Crippen LogP contribution < -0.4 is 5.32 Å². The zero-order valence-corrected chi connectivity index (χ0v) is 10.5. The van der Waals surface area contributed by atoms with Crippen molar-refractivity contribution in [3.63, 3.8) is 0 Å². The van der Waals surface area contributed by atoms with Gasteiger partial charge in [-0.15, -0.1) is 10.2 Å². The number of aromatic nitrogens is 2. The summed E-state index contributed by atoms with van der Waals surface area (Å²) < 4.78 is 5.31. The van der Waals surface area contributed by atoms with Gasteiger partial charge in [0.15, 0.2) is 10.3 Å². The first kappa shape index (κ1) is 13.2. The van der Waals surface area contributed by atoms with Crippen LogP contribution in [0.25, 0.3) is 0 Å². The number of hydrogen-bond acceptors (Lipinski definition) is 4. The van der Waals surface area contributed by atoms with Crippen molar-refractivity contribution in [1.29, 1.82) is 0 Å². The first-order valence-electron chi connectivity index (χ1n) is 4.74. The average Bonchev–Trinajstić information content (AvgIpc) is 2.22. The third-order valence-corrected chi connectivity index (χ3v) is 2.09. The van der Waals surface area contributed by atoms with Crippen molar-refractivity contribution in [2.45, 2.75) is 6.92 Å². The number of nitrogens with zero attached hydrogens (tertiary/aromatic N) is 2. The fourth-order valence-electron chi connectivity index (χ4n) is 0.981. The molecule has 0 radical (unpaired) electrons. The van der Waals surface area contributed by atoms with Crippen LogP contribution in [0, 0.1) is 0 Å². The summed E-state index contributed by atoms with van der Waals surface area (Å²) in [6.07, 6.45) is 0. The largest absolute Gasteiger partial charge is 0.380 e. The Morgan fingerprint density at radius 2 is 2.25 bits per heavy atom. The van der Waals surface area contributed by atoms with Gasteiger partial charge in [-0.3, -0.25) is 0 Å². The molecule has 0 aromatic carbocycles. The lowest BCUT2D eigenvalue weighted by molar-refractivity contribution is 0.167. The number of hydrogen-bond donors (Lipinski definition) is 1. The molecular weight excluding hydrogens is 249 g/mol. The van der Waals surface area contributed by atoms with E-state index in [0.29, 0.717) is 35.8 Å². The van der Waals surface area contributed by atoms with Crippen molar-refractivity contribution >= 4 is 28.9 Å². The molecule has 4 nitrogen and oxygen atoms in total. The molecule has 6 heteroatoms. The number of anilines is 1. The van der Waals surface area contributed by atoms with E-state index in [-0.39, 0.29) is 0 Å². The van der Waals surface area contributed by atoms with Crippen LogP contribution in [0.15, 0.2) is 18.2 Å². The topological polar surface area (TPSA) is 47.0 Å². The molecular formula is C10H13Cl2N3O. The molecule has 0 aliphatic rings. The Balaban J connectivity index is 2.31. The van der Waals surface area contributed by atoms with E-state index >= 15 is 0 Å². The molecule has 0 saturated carbocycles. The summed E-state index contributed by atoms with van der Waals surface area (Å²) >= 11 is 11.5. The lowest BCUT2D eigenvalue weighted by Crippen LogP contribution is -2.11. The van der Waals surface area contributed by atoms with Crippen molar-refractivity contribution in [2.24, 2.45) is 0 Å². The van der Waals surface area contributed by atoms with Gasteiger partial charge in [0, 0.05) is 12.6 Å². The number of ether oxygens (including phenoxy) is 1. The standard InChI is InChI=1S/C10H13Cl2N3O/c1-7(2)6-16-4-3-13-8-5-9(11)14-15-10(8)12/h5H,1,3-4,6H2,2H3,(H,13,14). The van der Waals surface area contributed by atoms with Crippen molar-refractivity contribution in [1.82, 2.24) is 10.2 Å². The summed E-state index contributed by atoms with van der Waals surface area (Å²) in [5.41, 5.74) is 1.65.